The largest absolute Gasteiger partial charge is 0.459 e. The number of rotatable bonds is 5. The van der Waals surface area contributed by atoms with Crippen molar-refractivity contribution in [3.8, 4) is 0 Å². The van der Waals surface area contributed by atoms with Crippen LogP contribution in [0.5, 0.6) is 0 Å². The molecular weight excluding hydrogens is 397 g/mol. The zero-order valence-electron chi connectivity index (χ0n) is 15.1. The fraction of sp³-hybridized carbons (Fsp3) is 0.150. The van der Waals surface area contributed by atoms with Gasteiger partial charge in [-0.15, -0.1) is 11.3 Å². The molecule has 0 radical (unpaired) electrons. The fourth-order valence-electron chi connectivity index (χ4n) is 3.01. The molecule has 0 bridgehead atoms. The summed E-state index contributed by atoms with van der Waals surface area (Å²) in [7, 11) is 0. The first kappa shape index (κ1) is 18.9. The Kier molecular flexibility index (Phi) is 5.13. The van der Waals surface area contributed by atoms with Crippen LogP contribution in [-0.4, -0.2) is 24.3 Å². The highest BCUT2D eigenvalue weighted by atomic mass is 32.1. The van der Waals surface area contributed by atoms with Crippen LogP contribution in [0.25, 0.3) is 0 Å². The molecular formula is C20H16FN3O4S. The topological polar surface area (TPSA) is 91.7 Å². The molecule has 4 rings (SSSR count). The van der Waals surface area contributed by atoms with Crippen molar-refractivity contribution in [3.63, 3.8) is 0 Å². The van der Waals surface area contributed by atoms with Crippen molar-refractivity contribution >= 4 is 45.4 Å². The standard InChI is InChI=1S/C20H16FN3O4S/c21-13-11-12(5-6-14(13)24-9-1-4-18(24)25)22-20(27)16-7-8-17(29-16)23-19(26)15-3-2-10-28-15/h2-3,5-8,10-11H,1,4,9H2,(H,22,27)(H,23,26). The lowest BCUT2D eigenvalue weighted by Crippen LogP contribution is -2.24. The highest BCUT2D eigenvalue weighted by Gasteiger charge is 2.24. The van der Waals surface area contributed by atoms with E-state index in [0.29, 0.717) is 29.3 Å². The van der Waals surface area contributed by atoms with Gasteiger partial charge in [0, 0.05) is 18.7 Å². The van der Waals surface area contributed by atoms with Crippen LogP contribution in [0, 0.1) is 5.82 Å². The number of hydrogen-bond acceptors (Lipinski definition) is 5. The molecule has 0 atom stereocenters. The first-order chi connectivity index (χ1) is 14.0. The second-order valence-corrected chi connectivity index (χ2v) is 7.45. The molecule has 1 aliphatic heterocycles. The number of nitrogens with one attached hydrogen (secondary N) is 2. The van der Waals surface area contributed by atoms with Gasteiger partial charge in [0.1, 0.15) is 5.82 Å². The van der Waals surface area contributed by atoms with E-state index >= 15 is 0 Å². The van der Waals surface area contributed by atoms with E-state index in [9.17, 15) is 18.8 Å². The van der Waals surface area contributed by atoms with Crippen LogP contribution in [0.3, 0.4) is 0 Å². The maximum atomic E-state index is 14.4. The normalized spacial score (nSPS) is 13.6. The first-order valence-corrected chi connectivity index (χ1v) is 9.69. The van der Waals surface area contributed by atoms with Gasteiger partial charge in [0.2, 0.25) is 5.91 Å². The van der Waals surface area contributed by atoms with Crippen LogP contribution in [0.1, 0.15) is 33.1 Å². The molecule has 2 aromatic heterocycles. The van der Waals surface area contributed by atoms with Crippen LogP contribution in [0.2, 0.25) is 0 Å². The molecule has 1 fully saturated rings. The number of hydrogen-bond donors (Lipinski definition) is 2. The van der Waals surface area contributed by atoms with Gasteiger partial charge in [0.15, 0.2) is 5.76 Å². The number of amides is 3. The second kappa shape index (κ2) is 7.88. The average molecular weight is 413 g/mol. The molecule has 1 aromatic carbocycles. The monoisotopic (exact) mass is 413 g/mol. The fourth-order valence-corrected chi connectivity index (χ4v) is 3.80. The molecule has 0 saturated carbocycles. The molecule has 0 aliphatic carbocycles. The SMILES string of the molecule is O=C(Nc1ccc(C(=O)Nc2ccc(N3CCCC3=O)c(F)c2)s1)c1ccco1. The Morgan fingerprint density at radius 1 is 1.10 bits per heavy atom. The molecule has 1 saturated heterocycles. The number of furan rings is 1. The van der Waals surface area contributed by atoms with Crippen molar-refractivity contribution in [1.29, 1.82) is 0 Å². The first-order valence-electron chi connectivity index (χ1n) is 8.87. The number of anilines is 3. The van der Waals surface area contributed by atoms with E-state index in [-0.39, 0.29) is 23.0 Å². The van der Waals surface area contributed by atoms with Gasteiger partial charge in [-0.1, -0.05) is 0 Å². The minimum absolute atomic E-state index is 0.108. The maximum Gasteiger partial charge on any atom is 0.291 e. The summed E-state index contributed by atoms with van der Waals surface area (Å²) >= 11 is 1.08. The Morgan fingerprint density at radius 2 is 1.97 bits per heavy atom. The summed E-state index contributed by atoms with van der Waals surface area (Å²) in [5.41, 5.74) is 0.488. The Balaban J connectivity index is 1.42. The molecule has 7 nitrogen and oxygen atoms in total. The minimum atomic E-state index is -0.573. The molecule has 148 valence electrons. The van der Waals surface area contributed by atoms with Crippen molar-refractivity contribution in [2.45, 2.75) is 12.8 Å². The summed E-state index contributed by atoms with van der Waals surface area (Å²) in [6.45, 7) is 0.489. The maximum absolute atomic E-state index is 14.4. The van der Waals surface area contributed by atoms with Gasteiger partial charge < -0.3 is 20.0 Å². The van der Waals surface area contributed by atoms with Gasteiger partial charge in [-0.3, -0.25) is 14.4 Å². The van der Waals surface area contributed by atoms with Gasteiger partial charge >= 0.3 is 0 Å². The van der Waals surface area contributed by atoms with Crippen molar-refractivity contribution in [2.75, 3.05) is 22.1 Å². The Labute approximate surface area is 169 Å². The minimum Gasteiger partial charge on any atom is -0.459 e. The van der Waals surface area contributed by atoms with Gasteiger partial charge in [-0.25, -0.2) is 4.39 Å². The van der Waals surface area contributed by atoms with Crippen LogP contribution in [0.15, 0.2) is 53.1 Å². The molecule has 3 aromatic rings. The summed E-state index contributed by atoms with van der Waals surface area (Å²) in [6, 6.07) is 10.5. The van der Waals surface area contributed by atoms with Crippen LogP contribution in [0.4, 0.5) is 20.8 Å². The molecule has 9 heteroatoms. The quantitative estimate of drug-likeness (QED) is 0.658. The van der Waals surface area contributed by atoms with Crippen LogP contribution < -0.4 is 15.5 Å². The molecule has 0 unspecified atom stereocenters. The molecule has 29 heavy (non-hydrogen) atoms. The molecule has 3 heterocycles. The lowest BCUT2D eigenvalue weighted by atomic mass is 10.2. The van der Waals surface area contributed by atoms with Crippen molar-refractivity contribution < 1.29 is 23.2 Å². The van der Waals surface area contributed by atoms with Gasteiger partial charge in [-0.2, -0.15) is 0 Å². The van der Waals surface area contributed by atoms with Crippen molar-refractivity contribution in [2.24, 2.45) is 0 Å². The smallest absolute Gasteiger partial charge is 0.291 e. The van der Waals surface area contributed by atoms with Crippen LogP contribution >= 0.6 is 11.3 Å². The summed E-state index contributed by atoms with van der Waals surface area (Å²) in [4.78, 5) is 37.9. The van der Waals surface area contributed by atoms with E-state index in [1.54, 1.807) is 24.3 Å². The molecule has 2 N–H and O–H groups in total. The van der Waals surface area contributed by atoms with Gasteiger partial charge in [-0.05, 0) is 48.9 Å². The highest BCUT2D eigenvalue weighted by molar-refractivity contribution is 7.18. The van der Waals surface area contributed by atoms with E-state index in [2.05, 4.69) is 10.6 Å². The van der Waals surface area contributed by atoms with E-state index in [4.69, 9.17) is 4.42 Å². The summed E-state index contributed by atoms with van der Waals surface area (Å²) in [5.74, 6) is -1.37. The molecule has 1 aliphatic rings. The highest BCUT2D eigenvalue weighted by Crippen LogP contribution is 2.28. The van der Waals surface area contributed by atoms with Gasteiger partial charge in [0.25, 0.3) is 11.8 Å². The summed E-state index contributed by atoms with van der Waals surface area (Å²) in [6.07, 6.45) is 2.51. The number of benzene rings is 1. The summed E-state index contributed by atoms with van der Waals surface area (Å²) < 4.78 is 19.4. The number of carbonyl (C=O) groups is 3. The number of carbonyl (C=O) groups excluding carboxylic acids is 3. The lowest BCUT2D eigenvalue weighted by Gasteiger charge is -2.17. The third-order valence-corrected chi connectivity index (χ3v) is 5.38. The third-order valence-electron chi connectivity index (χ3n) is 4.38. The predicted octanol–water partition coefficient (Wildman–Crippen LogP) is 4.11. The second-order valence-electron chi connectivity index (χ2n) is 6.36. The van der Waals surface area contributed by atoms with E-state index in [0.717, 1.165) is 11.3 Å². The van der Waals surface area contributed by atoms with E-state index < -0.39 is 17.6 Å². The predicted molar refractivity (Wildman–Crippen MR) is 107 cm³/mol. The Bertz CT molecular complexity index is 1080. The van der Waals surface area contributed by atoms with E-state index in [1.165, 1.54) is 29.4 Å². The number of nitrogens with zero attached hydrogens (tertiary/aromatic N) is 1. The van der Waals surface area contributed by atoms with Crippen molar-refractivity contribution in [3.05, 3.63) is 65.2 Å². The average Bonchev–Trinajstić information content (AvgIpc) is 3.44. The Hall–Kier alpha value is -3.46. The third kappa shape index (κ3) is 4.04. The zero-order valence-corrected chi connectivity index (χ0v) is 15.9. The van der Waals surface area contributed by atoms with Crippen molar-refractivity contribution in [1.82, 2.24) is 0 Å². The number of thiophene rings is 1. The molecule has 3 amide bonds. The van der Waals surface area contributed by atoms with Crippen LogP contribution in [-0.2, 0) is 4.79 Å². The van der Waals surface area contributed by atoms with E-state index in [1.807, 2.05) is 0 Å². The van der Waals surface area contributed by atoms with Gasteiger partial charge in [0.05, 0.1) is 21.8 Å². The lowest BCUT2D eigenvalue weighted by molar-refractivity contribution is -0.117. The summed E-state index contributed by atoms with van der Waals surface area (Å²) in [5, 5.41) is 5.74. The Morgan fingerprint density at radius 3 is 2.66 bits per heavy atom. The molecule has 0 spiro atoms. The number of halogens is 1. The zero-order chi connectivity index (χ0) is 20.4.